The summed E-state index contributed by atoms with van der Waals surface area (Å²) in [5, 5.41) is 8.25. The summed E-state index contributed by atoms with van der Waals surface area (Å²) in [6.07, 6.45) is 6.18. The molecule has 1 unspecified atom stereocenters. The average molecular weight is 330 g/mol. The van der Waals surface area contributed by atoms with Crippen molar-refractivity contribution in [3.8, 4) is 0 Å². The highest BCUT2D eigenvalue weighted by molar-refractivity contribution is 9.10. The van der Waals surface area contributed by atoms with E-state index in [2.05, 4.69) is 58.7 Å². The van der Waals surface area contributed by atoms with E-state index in [-0.39, 0.29) is 0 Å². The number of rotatable bonds is 9. The molecule has 0 aromatic carbocycles. The molecular formula is C15H28BrN3. The Morgan fingerprint density at radius 1 is 1.26 bits per heavy atom. The van der Waals surface area contributed by atoms with Crippen molar-refractivity contribution in [3.63, 3.8) is 0 Å². The van der Waals surface area contributed by atoms with Gasteiger partial charge in [-0.2, -0.15) is 5.10 Å². The monoisotopic (exact) mass is 329 g/mol. The van der Waals surface area contributed by atoms with Gasteiger partial charge < -0.3 is 5.32 Å². The van der Waals surface area contributed by atoms with Crippen LogP contribution < -0.4 is 5.32 Å². The molecule has 4 heteroatoms. The molecule has 0 radical (unpaired) electrons. The first-order valence-corrected chi connectivity index (χ1v) is 8.40. The van der Waals surface area contributed by atoms with E-state index in [0.717, 1.165) is 25.2 Å². The summed E-state index contributed by atoms with van der Waals surface area (Å²) in [6, 6.07) is 0.573. The quantitative estimate of drug-likeness (QED) is 0.685. The van der Waals surface area contributed by atoms with Crippen molar-refractivity contribution in [3.05, 3.63) is 15.9 Å². The lowest BCUT2D eigenvalue weighted by Crippen LogP contribution is -2.26. The van der Waals surface area contributed by atoms with Crippen molar-refractivity contribution >= 4 is 15.9 Å². The number of nitrogens with one attached hydrogen (secondary N) is 1. The standard InChI is InChI=1S/C15H28BrN3/c1-5-8-9-10-12(4)17-11-14-15(16)13(6-2)18-19(14)7-3/h12,17H,5-11H2,1-4H3. The number of unbranched alkanes of at least 4 members (excludes halogenated alkanes) is 2. The van der Waals surface area contributed by atoms with Crippen LogP contribution in [-0.2, 0) is 19.5 Å². The number of aryl methyl sites for hydroxylation is 2. The Bertz CT molecular complexity index is 374. The van der Waals surface area contributed by atoms with Crippen molar-refractivity contribution in [1.29, 1.82) is 0 Å². The summed E-state index contributed by atoms with van der Waals surface area (Å²) < 4.78 is 3.29. The number of hydrogen-bond acceptors (Lipinski definition) is 2. The van der Waals surface area contributed by atoms with E-state index in [4.69, 9.17) is 0 Å². The van der Waals surface area contributed by atoms with Crippen molar-refractivity contribution in [2.24, 2.45) is 0 Å². The van der Waals surface area contributed by atoms with Crippen LogP contribution in [0.2, 0.25) is 0 Å². The van der Waals surface area contributed by atoms with Gasteiger partial charge in [0.1, 0.15) is 0 Å². The molecule has 0 fully saturated rings. The minimum atomic E-state index is 0.573. The van der Waals surface area contributed by atoms with Gasteiger partial charge in [0.05, 0.1) is 15.9 Å². The second-order valence-corrected chi connectivity index (χ2v) is 5.95. The molecule has 0 spiro atoms. The third-order valence-electron chi connectivity index (χ3n) is 3.55. The average Bonchev–Trinajstić information content (AvgIpc) is 2.72. The highest BCUT2D eigenvalue weighted by Gasteiger charge is 2.14. The molecule has 19 heavy (non-hydrogen) atoms. The lowest BCUT2D eigenvalue weighted by Gasteiger charge is -2.14. The Kier molecular flexibility index (Phi) is 7.69. The van der Waals surface area contributed by atoms with E-state index in [1.807, 2.05) is 0 Å². The van der Waals surface area contributed by atoms with Crippen molar-refractivity contribution in [2.45, 2.75) is 78.9 Å². The molecule has 3 nitrogen and oxygen atoms in total. The first-order chi connectivity index (χ1) is 9.13. The van der Waals surface area contributed by atoms with Crippen LogP contribution in [0.1, 0.15) is 64.8 Å². The van der Waals surface area contributed by atoms with Gasteiger partial charge in [-0.05, 0) is 42.6 Å². The van der Waals surface area contributed by atoms with Crippen molar-refractivity contribution < 1.29 is 0 Å². The molecular weight excluding hydrogens is 302 g/mol. The summed E-state index contributed by atoms with van der Waals surface area (Å²) in [5.74, 6) is 0. The Morgan fingerprint density at radius 3 is 2.58 bits per heavy atom. The highest BCUT2D eigenvalue weighted by Crippen LogP contribution is 2.22. The smallest absolute Gasteiger partial charge is 0.0767 e. The molecule has 0 bridgehead atoms. The topological polar surface area (TPSA) is 29.9 Å². The predicted octanol–water partition coefficient (Wildman–Crippen LogP) is 4.29. The van der Waals surface area contributed by atoms with Gasteiger partial charge in [-0.1, -0.05) is 33.1 Å². The second kappa shape index (κ2) is 8.75. The minimum Gasteiger partial charge on any atom is -0.309 e. The van der Waals surface area contributed by atoms with Crippen LogP contribution in [0.5, 0.6) is 0 Å². The molecule has 0 saturated heterocycles. The highest BCUT2D eigenvalue weighted by atomic mass is 79.9. The van der Waals surface area contributed by atoms with E-state index in [1.54, 1.807) is 0 Å². The van der Waals surface area contributed by atoms with Gasteiger partial charge in [-0.25, -0.2) is 0 Å². The predicted molar refractivity (Wildman–Crippen MR) is 85.4 cm³/mol. The number of nitrogens with zero attached hydrogens (tertiary/aromatic N) is 2. The number of halogens is 1. The van der Waals surface area contributed by atoms with E-state index < -0.39 is 0 Å². The zero-order valence-electron chi connectivity index (χ0n) is 12.8. The Balaban J connectivity index is 2.54. The Labute approximate surface area is 126 Å². The lowest BCUT2D eigenvalue weighted by atomic mass is 10.1. The molecule has 0 saturated carbocycles. The van der Waals surface area contributed by atoms with Crippen LogP contribution in [0.25, 0.3) is 0 Å². The van der Waals surface area contributed by atoms with Gasteiger partial charge in [0.2, 0.25) is 0 Å². The molecule has 0 aliphatic carbocycles. The van der Waals surface area contributed by atoms with Crippen LogP contribution in [0.3, 0.4) is 0 Å². The summed E-state index contributed by atoms with van der Waals surface area (Å²) in [4.78, 5) is 0. The minimum absolute atomic E-state index is 0.573. The SMILES string of the molecule is CCCCCC(C)NCc1c(Br)c(CC)nn1CC. The zero-order valence-corrected chi connectivity index (χ0v) is 14.4. The Hall–Kier alpha value is -0.350. The fourth-order valence-corrected chi connectivity index (χ4v) is 2.96. The Morgan fingerprint density at radius 2 is 2.00 bits per heavy atom. The molecule has 0 aliphatic heterocycles. The van der Waals surface area contributed by atoms with Crippen LogP contribution in [0.4, 0.5) is 0 Å². The van der Waals surface area contributed by atoms with Crippen LogP contribution in [0, 0.1) is 0 Å². The van der Waals surface area contributed by atoms with Gasteiger partial charge in [0.25, 0.3) is 0 Å². The summed E-state index contributed by atoms with van der Waals surface area (Å²) >= 11 is 3.69. The fraction of sp³-hybridized carbons (Fsp3) is 0.800. The lowest BCUT2D eigenvalue weighted by molar-refractivity contribution is 0.471. The largest absolute Gasteiger partial charge is 0.309 e. The van der Waals surface area contributed by atoms with Gasteiger partial charge in [-0.15, -0.1) is 0 Å². The van der Waals surface area contributed by atoms with E-state index in [9.17, 15) is 0 Å². The van der Waals surface area contributed by atoms with Gasteiger partial charge in [0.15, 0.2) is 0 Å². The molecule has 1 atom stereocenters. The zero-order chi connectivity index (χ0) is 14.3. The molecule has 1 heterocycles. The third-order valence-corrected chi connectivity index (χ3v) is 4.47. The molecule has 0 amide bonds. The van der Waals surface area contributed by atoms with Crippen LogP contribution in [0.15, 0.2) is 4.47 Å². The van der Waals surface area contributed by atoms with Crippen LogP contribution in [-0.4, -0.2) is 15.8 Å². The summed E-state index contributed by atoms with van der Waals surface area (Å²) in [6.45, 7) is 10.7. The van der Waals surface area contributed by atoms with E-state index >= 15 is 0 Å². The number of aromatic nitrogens is 2. The maximum absolute atomic E-state index is 4.63. The first-order valence-electron chi connectivity index (χ1n) is 7.61. The van der Waals surface area contributed by atoms with Crippen molar-refractivity contribution in [2.75, 3.05) is 0 Å². The van der Waals surface area contributed by atoms with Crippen LogP contribution >= 0.6 is 15.9 Å². The molecule has 1 N–H and O–H groups in total. The first kappa shape index (κ1) is 16.7. The van der Waals surface area contributed by atoms with Crippen molar-refractivity contribution in [1.82, 2.24) is 15.1 Å². The normalized spacial score (nSPS) is 12.9. The number of hydrogen-bond donors (Lipinski definition) is 1. The third kappa shape index (κ3) is 4.92. The van der Waals surface area contributed by atoms with E-state index in [1.165, 1.54) is 35.8 Å². The second-order valence-electron chi connectivity index (χ2n) is 5.15. The molecule has 0 aliphatic rings. The van der Waals surface area contributed by atoms with Gasteiger partial charge >= 0.3 is 0 Å². The summed E-state index contributed by atoms with van der Waals surface area (Å²) in [7, 11) is 0. The van der Waals surface area contributed by atoms with E-state index in [0.29, 0.717) is 6.04 Å². The van der Waals surface area contributed by atoms with Gasteiger partial charge in [0, 0.05) is 19.1 Å². The fourth-order valence-electron chi connectivity index (χ4n) is 2.26. The molecule has 1 aromatic heterocycles. The molecule has 110 valence electrons. The maximum atomic E-state index is 4.63. The van der Waals surface area contributed by atoms with Gasteiger partial charge in [-0.3, -0.25) is 4.68 Å². The summed E-state index contributed by atoms with van der Waals surface area (Å²) in [5.41, 5.74) is 2.44. The molecule has 1 aromatic rings. The molecule has 1 rings (SSSR count). The maximum Gasteiger partial charge on any atom is 0.0767 e.